The number of hydrogen-bond donors (Lipinski definition) is 0. The topological polar surface area (TPSA) is 43.4 Å². The Morgan fingerprint density at radius 3 is 3.00 bits per heavy atom. The number of rotatable bonds is 4. The van der Waals surface area contributed by atoms with Gasteiger partial charge in [-0.15, -0.1) is 6.58 Å². The van der Waals surface area contributed by atoms with Crippen molar-refractivity contribution in [1.82, 2.24) is 0 Å². The highest BCUT2D eigenvalue weighted by Gasteiger charge is 2.31. The van der Waals surface area contributed by atoms with Crippen LogP contribution in [0, 0.1) is 11.8 Å². The van der Waals surface area contributed by atoms with Crippen molar-refractivity contribution >= 4 is 12.3 Å². The van der Waals surface area contributed by atoms with E-state index in [4.69, 9.17) is 4.74 Å². The fourth-order valence-electron chi connectivity index (χ4n) is 1.74. The Balaban J connectivity index is 2.57. The molecule has 1 rings (SSSR count). The van der Waals surface area contributed by atoms with Crippen LogP contribution in [-0.2, 0) is 14.3 Å². The minimum atomic E-state index is -0.237. The molecule has 1 fully saturated rings. The largest absolute Gasteiger partial charge is 0.462 e. The van der Waals surface area contributed by atoms with Crippen LogP contribution in [0.15, 0.2) is 12.7 Å². The molecule has 0 aromatic heterocycles. The van der Waals surface area contributed by atoms with Gasteiger partial charge in [-0.25, -0.2) is 0 Å². The summed E-state index contributed by atoms with van der Waals surface area (Å²) in [4.78, 5) is 21.8. The zero-order chi connectivity index (χ0) is 10.6. The summed E-state index contributed by atoms with van der Waals surface area (Å²) in [5.41, 5.74) is 0. The van der Waals surface area contributed by atoms with Crippen molar-refractivity contribution in [3.05, 3.63) is 12.7 Å². The number of hydrogen-bond acceptors (Lipinski definition) is 3. The van der Waals surface area contributed by atoms with Crippen LogP contribution in [0.2, 0.25) is 0 Å². The number of allylic oxidation sites excluding steroid dienone is 1. The molecule has 0 saturated carbocycles. The van der Waals surface area contributed by atoms with Crippen molar-refractivity contribution in [2.75, 3.05) is 0 Å². The summed E-state index contributed by atoms with van der Waals surface area (Å²) in [7, 11) is 0. The Hall–Kier alpha value is -1.12. The van der Waals surface area contributed by atoms with Gasteiger partial charge in [-0.2, -0.15) is 0 Å². The van der Waals surface area contributed by atoms with Gasteiger partial charge < -0.3 is 9.53 Å². The lowest BCUT2D eigenvalue weighted by Gasteiger charge is -2.30. The van der Waals surface area contributed by atoms with Crippen molar-refractivity contribution in [3.63, 3.8) is 0 Å². The van der Waals surface area contributed by atoms with E-state index in [0.29, 0.717) is 12.3 Å². The molecule has 0 radical (unpaired) electrons. The second-order valence-corrected chi connectivity index (χ2v) is 3.85. The van der Waals surface area contributed by atoms with Crippen molar-refractivity contribution in [2.45, 2.75) is 32.3 Å². The van der Waals surface area contributed by atoms with Crippen LogP contribution in [0.5, 0.6) is 0 Å². The van der Waals surface area contributed by atoms with E-state index >= 15 is 0 Å². The Labute approximate surface area is 84.1 Å². The van der Waals surface area contributed by atoms with E-state index < -0.39 is 0 Å². The summed E-state index contributed by atoms with van der Waals surface area (Å²) in [6.45, 7) is 5.43. The quantitative estimate of drug-likeness (QED) is 0.390. The summed E-state index contributed by atoms with van der Waals surface area (Å²) in [6, 6.07) is 0. The van der Waals surface area contributed by atoms with Gasteiger partial charge in [-0.3, -0.25) is 4.79 Å². The molecule has 0 aromatic carbocycles. The van der Waals surface area contributed by atoms with Crippen molar-refractivity contribution in [2.24, 2.45) is 11.8 Å². The van der Waals surface area contributed by atoms with Crippen LogP contribution in [0.3, 0.4) is 0 Å². The highest BCUT2D eigenvalue weighted by Crippen LogP contribution is 2.27. The second-order valence-electron chi connectivity index (χ2n) is 3.85. The highest BCUT2D eigenvalue weighted by atomic mass is 16.5. The second kappa shape index (κ2) is 4.94. The molecule has 78 valence electrons. The molecule has 0 aliphatic carbocycles. The molecule has 1 heterocycles. The Bertz CT molecular complexity index is 235. The van der Waals surface area contributed by atoms with Crippen molar-refractivity contribution < 1.29 is 14.3 Å². The van der Waals surface area contributed by atoms with Crippen LogP contribution in [0.1, 0.15) is 26.2 Å². The van der Waals surface area contributed by atoms with Crippen LogP contribution in [0.25, 0.3) is 0 Å². The van der Waals surface area contributed by atoms with Gasteiger partial charge in [0.05, 0.1) is 0 Å². The lowest BCUT2D eigenvalue weighted by molar-refractivity contribution is -0.160. The predicted octanol–water partition coefficient (Wildman–Crippen LogP) is 1.72. The molecule has 1 aliphatic heterocycles. The van der Waals surface area contributed by atoms with E-state index in [1.165, 1.54) is 0 Å². The first-order chi connectivity index (χ1) is 6.67. The van der Waals surface area contributed by atoms with Gasteiger partial charge in [0.2, 0.25) is 0 Å². The predicted molar refractivity (Wildman–Crippen MR) is 52.6 cm³/mol. The van der Waals surface area contributed by atoms with Gasteiger partial charge in [-0.1, -0.05) is 13.0 Å². The van der Waals surface area contributed by atoms with Gasteiger partial charge in [0.25, 0.3) is 0 Å². The molecule has 0 unspecified atom stereocenters. The number of aldehydes is 1. The number of carbonyl (C=O) groups is 2. The van der Waals surface area contributed by atoms with Gasteiger partial charge in [-0.05, 0) is 18.8 Å². The lowest BCUT2D eigenvalue weighted by Crippen LogP contribution is -2.34. The number of ether oxygens (including phenoxy) is 1. The summed E-state index contributed by atoms with van der Waals surface area (Å²) in [5.74, 6) is -0.102. The zero-order valence-electron chi connectivity index (χ0n) is 8.44. The Morgan fingerprint density at radius 1 is 1.71 bits per heavy atom. The Morgan fingerprint density at radius 2 is 2.43 bits per heavy atom. The van der Waals surface area contributed by atoms with E-state index in [0.717, 1.165) is 19.1 Å². The first-order valence-electron chi connectivity index (χ1n) is 4.93. The maximum Gasteiger partial charge on any atom is 0.306 e. The summed E-state index contributed by atoms with van der Waals surface area (Å²) in [6.07, 6.45) is 4.46. The monoisotopic (exact) mass is 196 g/mol. The average molecular weight is 196 g/mol. The van der Waals surface area contributed by atoms with E-state index in [1.54, 1.807) is 6.92 Å². The maximum atomic E-state index is 11.2. The van der Waals surface area contributed by atoms with Gasteiger partial charge in [0, 0.05) is 12.3 Å². The van der Waals surface area contributed by atoms with Gasteiger partial charge in [0.1, 0.15) is 12.4 Å². The van der Waals surface area contributed by atoms with E-state index in [2.05, 4.69) is 6.58 Å². The molecule has 0 N–H and O–H groups in total. The molecule has 0 aromatic rings. The van der Waals surface area contributed by atoms with Crippen LogP contribution < -0.4 is 0 Å². The van der Waals surface area contributed by atoms with E-state index in [-0.39, 0.29) is 18.0 Å². The Kier molecular flexibility index (Phi) is 3.86. The highest BCUT2D eigenvalue weighted by molar-refractivity contribution is 5.71. The molecule has 3 nitrogen and oxygen atoms in total. The fraction of sp³-hybridized carbons (Fsp3) is 0.636. The van der Waals surface area contributed by atoms with E-state index in [1.807, 2.05) is 6.08 Å². The summed E-state index contributed by atoms with van der Waals surface area (Å²) < 4.78 is 5.11. The van der Waals surface area contributed by atoms with Crippen molar-refractivity contribution in [1.29, 1.82) is 0 Å². The van der Waals surface area contributed by atoms with Crippen LogP contribution in [-0.4, -0.2) is 18.4 Å². The molecule has 0 amide bonds. The molecule has 3 atom stereocenters. The maximum absolute atomic E-state index is 11.2. The third kappa shape index (κ3) is 2.69. The first kappa shape index (κ1) is 11.0. The number of carbonyl (C=O) groups excluding carboxylic acids is 2. The summed E-state index contributed by atoms with van der Waals surface area (Å²) >= 11 is 0. The first-order valence-corrected chi connectivity index (χ1v) is 4.93. The normalized spacial score (nSPS) is 29.1. The van der Waals surface area contributed by atoms with Crippen LogP contribution in [0.4, 0.5) is 0 Å². The third-order valence-corrected chi connectivity index (χ3v) is 2.60. The molecule has 1 aliphatic rings. The minimum absolute atomic E-state index is 0.193. The molecule has 0 bridgehead atoms. The third-order valence-electron chi connectivity index (χ3n) is 2.60. The molecular formula is C11H16O3. The zero-order valence-corrected chi connectivity index (χ0v) is 8.44. The molecule has 3 heteroatoms. The molecule has 14 heavy (non-hydrogen) atoms. The fourth-order valence-corrected chi connectivity index (χ4v) is 1.74. The average Bonchev–Trinajstić information content (AvgIpc) is 2.16. The lowest BCUT2D eigenvalue weighted by atomic mass is 9.88. The molecule has 1 saturated heterocycles. The number of esters is 1. The van der Waals surface area contributed by atoms with E-state index in [9.17, 15) is 9.59 Å². The molecule has 0 spiro atoms. The number of cyclic esters (lactones) is 1. The smallest absolute Gasteiger partial charge is 0.306 e. The van der Waals surface area contributed by atoms with Crippen molar-refractivity contribution in [3.8, 4) is 0 Å². The van der Waals surface area contributed by atoms with Gasteiger partial charge in [0.15, 0.2) is 0 Å². The molecular weight excluding hydrogens is 180 g/mol. The standard InChI is InChI=1S/C11H16O3/c1-3-4-9-5-10(8(2)7-12)14-11(13)6-9/h3,7-10H,1,4-6H2,2H3/t8-,9+,10-/m1/s1. The summed E-state index contributed by atoms with van der Waals surface area (Å²) in [5, 5.41) is 0. The SMILES string of the molecule is C=CC[C@@H]1CC(=O)O[C@@H]([C@H](C)C=O)C1. The minimum Gasteiger partial charge on any atom is -0.462 e. The van der Waals surface area contributed by atoms with Gasteiger partial charge >= 0.3 is 5.97 Å². The van der Waals surface area contributed by atoms with Crippen LogP contribution >= 0.6 is 0 Å².